The van der Waals surface area contributed by atoms with Crippen molar-refractivity contribution in [3.63, 3.8) is 0 Å². The van der Waals surface area contributed by atoms with Gasteiger partial charge in [0.25, 0.3) is 0 Å². The van der Waals surface area contributed by atoms with Crippen molar-refractivity contribution >= 4 is 22.4 Å². The van der Waals surface area contributed by atoms with Gasteiger partial charge in [-0.15, -0.1) is 0 Å². The number of benzene rings is 2. The zero-order valence-electron chi connectivity index (χ0n) is 13.5. The highest BCUT2D eigenvalue weighted by Crippen LogP contribution is 2.16. The van der Waals surface area contributed by atoms with Crippen LogP contribution in [0.15, 0.2) is 54.6 Å². The van der Waals surface area contributed by atoms with Gasteiger partial charge in [-0.2, -0.15) is 0 Å². The average Bonchev–Trinajstić information content (AvgIpc) is 3.10. The molecule has 126 valence electrons. The number of nitrogens with one attached hydrogen (secondary N) is 2. The van der Waals surface area contributed by atoms with Crippen LogP contribution in [0.5, 0.6) is 0 Å². The Morgan fingerprint density at radius 3 is 2.58 bits per heavy atom. The van der Waals surface area contributed by atoms with Crippen molar-refractivity contribution in [2.75, 3.05) is 18.4 Å². The fourth-order valence-corrected chi connectivity index (χ4v) is 4.08. The third kappa shape index (κ3) is 4.76. The van der Waals surface area contributed by atoms with Crippen molar-refractivity contribution in [2.24, 2.45) is 5.92 Å². The predicted octanol–water partition coefficient (Wildman–Crippen LogP) is 2.68. The fourth-order valence-electron chi connectivity index (χ4n) is 2.86. The summed E-state index contributed by atoms with van der Waals surface area (Å²) < 4.78 is 12.3. The smallest absolute Gasteiger partial charge is 0.228 e. The van der Waals surface area contributed by atoms with E-state index in [2.05, 4.69) is 10.6 Å². The minimum atomic E-state index is -0.968. The van der Waals surface area contributed by atoms with Crippen molar-refractivity contribution in [1.82, 2.24) is 5.32 Å². The molecule has 3 rings (SSSR count). The van der Waals surface area contributed by atoms with Gasteiger partial charge in [-0.25, -0.2) is 0 Å². The first-order valence-electron chi connectivity index (χ1n) is 8.20. The van der Waals surface area contributed by atoms with E-state index in [0.717, 1.165) is 36.3 Å². The van der Waals surface area contributed by atoms with Crippen molar-refractivity contribution in [3.05, 3.63) is 65.7 Å². The summed E-state index contributed by atoms with van der Waals surface area (Å²) in [4.78, 5) is 12.2. The predicted molar refractivity (Wildman–Crippen MR) is 98.0 cm³/mol. The summed E-state index contributed by atoms with van der Waals surface area (Å²) >= 11 is 0. The molecule has 1 saturated heterocycles. The molecule has 2 unspecified atom stereocenters. The number of carbonyl (C=O) groups is 1. The SMILES string of the molecule is O=C(Nc1cccc(CS(=O)Cc2ccccc2)c1)C1CCNC1. The van der Waals surface area contributed by atoms with Crippen LogP contribution >= 0.6 is 0 Å². The lowest BCUT2D eigenvalue weighted by atomic mass is 10.1. The molecule has 4 nitrogen and oxygen atoms in total. The zero-order chi connectivity index (χ0) is 16.8. The molecule has 1 heterocycles. The monoisotopic (exact) mass is 342 g/mol. The molecule has 2 aromatic rings. The van der Waals surface area contributed by atoms with Gasteiger partial charge in [0.2, 0.25) is 5.91 Å². The summed E-state index contributed by atoms with van der Waals surface area (Å²) in [5, 5.41) is 6.17. The molecule has 1 aliphatic rings. The van der Waals surface area contributed by atoms with Crippen LogP contribution < -0.4 is 10.6 Å². The van der Waals surface area contributed by atoms with Crippen molar-refractivity contribution < 1.29 is 9.00 Å². The first kappa shape index (κ1) is 16.9. The maximum Gasteiger partial charge on any atom is 0.228 e. The second-order valence-corrected chi connectivity index (χ2v) is 7.55. The van der Waals surface area contributed by atoms with E-state index in [4.69, 9.17) is 0 Å². The number of amides is 1. The normalized spacial score (nSPS) is 18.2. The second kappa shape index (κ2) is 8.22. The molecule has 2 aromatic carbocycles. The Morgan fingerprint density at radius 1 is 1.08 bits per heavy atom. The van der Waals surface area contributed by atoms with Gasteiger partial charge in [-0.05, 0) is 36.2 Å². The molecule has 0 aliphatic carbocycles. The fraction of sp³-hybridized carbons (Fsp3) is 0.316. The number of rotatable bonds is 6. The highest BCUT2D eigenvalue weighted by atomic mass is 32.2. The Labute approximate surface area is 145 Å². The number of hydrogen-bond acceptors (Lipinski definition) is 3. The highest BCUT2D eigenvalue weighted by molar-refractivity contribution is 7.83. The Bertz CT molecular complexity index is 712. The van der Waals surface area contributed by atoms with Gasteiger partial charge in [0, 0.05) is 34.5 Å². The van der Waals surface area contributed by atoms with Crippen LogP contribution in [0, 0.1) is 5.92 Å². The van der Waals surface area contributed by atoms with E-state index >= 15 is 0 Å². The van der Waals surface area contributed by atoms with Crippen LogP contribution in [-0.4, -0.2) is 23.2 Å². The molecule has 1 aliphatic heterocycles. The summed E-state index contributed by atoms with van der Waals surface area (Å²) in [6.07, 6.45) is 0.882. The first-order chi connectivity index (χ1) is 11.7. The summed E-state index contributed by atoms with van der Waals surface area (Å²) in [5.74, 6) is 1.14. The largest absolute Gasteiger partial charge is 0.326 e. The van der Waals surface area contributed by atoms with Gasteiger partial charge < -0.3 is 10.6 Å². The summed E-state index contributed by atoms with van der Waals surface area (Å²) in [6.45, 7) is 1.64. The maximum atomic E-state index is 12.3. The highest BCUT2D eigenvalue weighted by Gasteiger charge is 2.22. The Balaban J connectivity index is 1.58. The molecule has 2 atom stereocenters. The lowest BCUT2D eigenvalue weighted by Crippen LogP contribution is -2.24. The number of carbonyl (C=O) groups excluding carboxylic acids is 1. The van der Waals surface area contributed by atoms with E-state index in [-0.39, 0.29) is 11.8 Å². The molecule has 2 N–H and O–H groups in total. The van der Waals surface area contributed by atoms with Gasteiger partial charge >= 0.3 is 0 Å². The number of anilines is 1. The van der Waals surface area contributed by atoms with Gasteiger partial charge in [0.05, 0.1) is 5.92 Å². The molecule has 5 heteroatoms. The third-order valence-corrected chi connectivity index (χ3v) is 5.43. The quantitative estimate of drug-likeness (QED) is 0.848. The lowest BCUT2D eigenvalue weighted by Gasteiger charge is -2.11. The van der Waals surface area contributed by atoms with Crippen LogP contribution in [0.2, 0.25) is 0 Å². The Morgan fingerprint density at radius 2 is 1.83 bits per heavy atom. The van der Waals surface area contributed by atoms with Crippen LogP contribution in [0.3, 0.4) is 0 Å². The van der Waals surface area contributed by atoms with Crippen LogP contribution in [0.1, 0.15) is 17.5 Å². The minimum absolute atomic E-state index is 0.0425. The lowest BCUT2D eigenvalue weighted by molar-refractivity contribution is -0.119. The molecule has 0 spiro atoms. The molecule has 0 saturated carbocycles. The van der Waals surface area contributed by atoms with E-state index in [1.165, 1.54) is 0 Å². The second-order valence-electron chi connectivity index (χ2n) is 6.09. The zero-order valence-corrected chi connectivity index (χ0v) is 14.4. The molecular formula is C19H22N2O2S. The van der Waals surface area contributed by atoms with Crippen LogP contribution in [0.4, 0.5) is 5.69 Å². The molecular weight excluding hydrogens is 320 g/mol. The Kier molecular flexibility index (Phi) is 5.77. The van der Waals surface area contributed by atoms with E-state index < -0.39 is 10.8 Å². The van der Waals surface area contributed by atoms with Crippen molar-refractivity contribution in [1.29, 1.82) is 0 Å². The summed E-state index contributed by atoms with van der Waals surface area (Å²) in [6, 6.07) is 17.5. The van der Waals surface area contributed by atoms with Crippen LogP contribution in [-0.2, 0) is 27.1 Å². The molecule has 24 heavy (non-hydrogen) atoms. The van der Waals surface area contributed by atoms with Gasteiger partial charge in [0.1, 0.15) is 0 Å². The van der Waals surface area contributed by atoms with E-state index in [0.29, 0.717) is 11.5 Å². The molecule has 0 radical (unpaired) electrons. The third-order valence-electron chi connectivity index (χ3n) is 4.12. The first-order valence-corrected chi connectivity index (χ1v) is 9.69. The molecule has 0 aromatic heterocycles. The van der Waals surface area contributed by atoms with Gasteiger partial charge in [-0.1, -0.05) is 42.5 Å². The van der Waals surface area contributed by atoms with E-state index in [9.17, 15) is 9.00 Å². The minimum Gasteiger partial charge on any atom is -0.326 e. The summed E-state index contributed by atoms with van der Waals surface area (Å²) in [5.41, 5.74) is 2.83. The average molecular weight is 342 g/mol. The topological polar surface area (TPSA) is 58.2 Å². The maximum absolute atomic E-state index is 12.3. The van der Waals surface area contributed by atoms with Crippen molar-refractivity contribution in [2.45, 2.75) is 17.9 Å². The van der Waals surface area contributed by atoms with Gasteiger partial charge in [-0.3, -0.25) is 9.00 Å². The van der Waals surface area contributed by atoms with Crippen LogP contribution in [0.25, 0.3) is 0 Å². The summed E-state index contributed by atoms with van der Waals surface area (Å²) in [7, 11) is -0.968. The standard InChI is InChI=1S/C19H22N2O2S/c22-19(17-9-10-20-12-17)21-18-8-4-7-16(11-18)14-24(23)13-15-5-2-1-3-6-15/h1-8,11,17,20H,9-10,12-14H2,(H,21,22). The van der Waals surface area contributed by atoms with E-state index in [1.54, 1.807) is 0 Å². The van der Waals surface area contributed by atoms with Crippen molar-refractivity contribution in [3.8, 4) is 0 Å². The van der Waals surface area contributed by atoms with E-state index in [1.807, 2.05) is 54.6 Å². The van der Waals surface area contributed by atoms with Gasteiger partial charge in [0.15, 0.2) is 0 Å². The molecule has 1 fully saturated rings. The Hall–Kier alpha value is -1.98. The molecule has 1 amide bonds. The number of hydrogen-bond donors (Lipinski definition) is 2. The molecule has 0 bridgehead atoms.